The van der Waals surface area contributed by atoms with Gasteiger partial charge in [0.05, 0.1) is 6.33 Å². The average Bonchev–Trinajstić information content (AvgIpc) is 2.94. The molecule has 1 saturated heterocycles. The third-order valence-corrected chi connectivity index (χ3v) is 4.73. The molecule has 1 aliphatic rings. The molecule has 0 radical (unpaired) electrons. The van der Waals surface area contributed by atoms with Crippen molar-refractivity contribution in [2.75, 3.05) is 13.1 Å². The molecule has 0 spiro atoms. The van der Waals surface area contributed by atoms with Gasteiger partial charge in [-0.1, -0.05) is 19.3 Å². The number of likely N-dealkylation sites (tertiary alicyclic amines) is 1. The fourth-order valence-corrected chi connectivity index (χ4v) is 3.26. The molecule has 2 aromatic heterocycles. The molecule has 130 valence electrons. The molecule has 1 aliphatic heterocycles. The van der Waals surface area contributed by atoms with E-state index < -0.39 is 11.2 Å². The fraction of sp³-hybridized carbons (Fsp3) is 0.625. The van der Waals surface area contributed by atoms with Crippen LogP contribution in [-0.2, 0) is 25.4 Å². The van der Waals surface area contributed by atoms with Crippen LogP contribution in [0.15, 0.2) is 15.9 Å². The maximum atomic E-state index is 12.6. The number of imidazole rings is 1. The lowest BCUT2D eigenvalue weighted by atomic mass is 10.1. The number of hydrogen-bond donors (Lipinski definition) is 0. The first-order chi connectivity index (χ1) is 11.5. The van der Waals surface area contributed by atoms with Crippen molar-refractivity contribution in [3.05, 3.63) is 27.2 Å². The first kappa shape index (κ1) is 16.5. The van der Waals surface area contributed by atoms with Crippen LogP contribution in [0.2, 0.25) is 0 Å². The van der Waals surface area contributed by atoms with Crippen molar-refractivity contribution in [2.45, 2.75) is 38.6 Å². The maximum Gasteiger partial charge on any atom is 0.332 e. The van der Waals surface area contributed by atoms with E-state index >= 15 is 0 Å². The second-order valence-electron chi connectivity index (χ2n) is 6.40. The van der Waals surface area contributed by atoms with E-state index in [1.807, 2.05) is 4.90 Å². The molecule has 8 nitrogen and oxygen atoms in total. The van der Waals surface area contributed by atoms with Crippen molar-refractivity contribution in [3.8, 4) is 0 Å². The lowest BCUT2D eigenvalue weighted by Crippen LogP contribution is -2.39. The van der Waals surface area contributed by atoms with E-state index in [1.54, 1.807) is 11.6 Å². The van der Waals surface area contributed by atoms with Gasteiger partial charge in [-0.25, -0.2) is 9.78 Å². The van der Waals surface area contributed by atoms with Gasteiger partial charge in [-0.15, -0.1) is 0 Å². The number of rotatable bonds is 2. The second-order valence-corrected chi connectivity index (χ2v) is 6.40. The summed E-state index contributed by atoms with van der Waals surface area (Å²) in [7, 11) is 3.00. The molecule has 8 heteroatoms. The summed E-state index contributed by atoms with van der Waals surface area (Å²) in [6, 6.07) is 0. The van der Waals surface area contributed by atoms with Crippen LogP contribution < -0.4 is 11.2 Å². The van der Waals surface area contributed by atoms with Gasteiger partial charge >= 0.3 is 5.69 Å². The van der Waals surface area contributed by atoms with Crippen molar-refractivity contribution in [2.24, 2.45) is 14.1 Å². The maximum absolute atomic E-state index is 12.6. The fourth-order valence-electron chi connectivity index (χ4n) is 3.26. The molecular weight excluding hydrogens is 310 g/mol. The molecule has 0 aromatic carbocycles. The molecule has 0 aliphatic carbocycles. The summed E-state index contributed by atoms with van der Waals surface area (Å²) in [5.74, 6) is -0.00731. The number of carbonyl (C=O) groups excluding carboxylic acids is 1. The number of aromatic nitrogens is 4. The normalized spacial score (nSPS) is 16.2. The number of aryl methyl sites for hydroxylation is 1. The number of amides is 1. The molecule has 0 bridgehead atoms. The van der Waals surface area contributed by atoms with Gasteiger partial charge in [-0.3, -0.25) is 18.7 Å². The number of fused-ring (bicyclic) bond motifs is 1. The second kappa shape index (κ2) is 6.62. The Kier molecular flexibility index (Phi) is 4.55. The summed E-state index contributed by atoms with van der Waals surface area (Å²) >= 11 is 0. The van der Waals surface area contributed by atoms with Crippen LogP contribution in [0.4, 0.5) is 0 Å². The quantitative estimate of drug-likeness (QED) is 0.787. The monoisotopic (exact) mass is 333 g/mol. The Morgan fingerprint density at radius 3 is 2.33 bits per heavy atom. The Morgan fingerprint density at radius 1 is 1.04 bits per heavy atom. The van der Waals surface area contributed by atoms with E-state index in [4.69, 9.17) is 0 Å². The molecule has 1 amide bonds. The average molecular weight is 333 g/mol. The topological polar surface area (TPSA) is 82.1 Å². The van der Waals surface area contributed by atoms with Crippen LogP contribution >= 0.6 is 0 Å². The van der Waals surface area contributed by atoms with Crippen molar-refractivity contribution in [1.29, 1.82) is 0 Å². The van der Waals surface area contributed by atoms with E-state index in [0.29, 0.717) is 11.2 Å². The zero-order valence-electron chi connectivity index (χ0n) is 14.2. The highest BCUT2D eigenvalue weighted by molar-refractivity contribution is 5.79. The Labute approximate surface area is 139 Å². The Balaban J connectivity index is 1.91. The van der Waals surface area contributed by atoms with Crippen molar-refractivity contribution < 1.29 is 4.79 Å². The number of hydrogen-bond acceptors (Lipinski definition) is 4. The smallest absolute Gasteiger partial charge is 0.332 e. The summed E-state index contributed by atoms with van der Waals surface area (Å²) in [6.07, 6.45) is 7.05. The molecule has 0 unspecified atom stereocenters. The van der Waals surface area contributed by atoms with Gasteiger partial charge in [0.15, 0.2) is 11.2 Å². The van der Waals surface area contributed by atoms with Gasteiger partial charge in [-0.05, 0) is 12.8 Å². The minimum absolute atomic E-state index is 0.00731. The molecule has 0 saturated carbocycles. The summed E-state index contributed by atoms with van der Waals surface area (Å²) in [5, 5.41) is 0. The van der Waals surface area contributed by atoms with Crippen molar-refractivity contribution in [1.82, 2.24) is 23.6 Å². The van der Waals surface area contributed by atoms with Crippen LogP contribution in [0, 0.1) is 0 Å². The Hall–Kier alpha value is -2.38. The predicted octanol–water partition coefficient (Wildman–Crippen LogP) is 0.226. The third-order valence-electron chi connectivity index (χ3n) is 4.73. The van der Waals surface area contributed by atoms with Crippen molar-refractivity contribution in [3.63, 3.8) is 0 Å². The van der Waals surface area contributed by atoms with Gasteiger partial charge in [0.25, 0.3) is 5.56 Å². The highest BCUT2D eigenvalue weighted by Crippen LogP contribution is 2.12. The lowest BCUT2D eigenvalue weighted by Gasteiger charge is -2.25. The van der Waals surface area contributed by atoms with Crippen LogP contribution in [-0.4, -0.2) is 42.6 Å². The van der Waals surface area contributed by atoms with Crippen LogP contribution in [0.1, 0.15) is 32.1 Å². The van der Waals surface area contributed by atoms with E-state index in [0.717, 1.165) is 43.3 Å². The molecule has 0 atom stereocenters. The Morgan fingerprint density at radius 2 is 1.67 bits per heavy atom. The Bertz CT molecular complexity index is 868. The largest absolute Gasteiger partial charge is 0.341 e. The number of carbonyl (C=O) groups is 1. The highest BCUT2D eigenvalue weighted by Gasteiger charge is 2.19. The van der Waals surface area contributed by atoms with Gasteiger partial charge in [-0.2, -0.15) is 0 Å². The van der Waals surface area contributed by atoms with Crippen LogP contribution in [0.5, 0.6) is 0 Å². The summed E-state index contributed by atoms with van der Waals surface area (Å²) in [5.41, 5.74) is -0.248. The molecule has 3 rings (SSSR count). The van der Waals surface area contributed by atoms with E-state index in [1.165, 1.54) is 24.4 Å². The SMILES string of the molecule is Cn1c(=O)c2c(ncn2CC(=O)N2CCCCCCC2)n(C)c1=O. The van der Waals surface area contributed by atoms with Gasteiger partial charge in [0, 0.05) is 27.2 Å². The van der Waals surface area contributed by atoms with Crippen LogP contribution in [0.3, 0.4) is 0 Å². The molecule has 3 heterocycles. The van der Waals surface area contributed by atoms with E-state index in [9.17, 15) is 14.4 Å². The summed E-state index contributed by atoms with van der Waals surface area (Å²) in [6.45, 7) is 1.61. The third kappa shape index (κ3) is 2.88. The zero-order valence-corrected chi connectivity index (χ0v) is 14.2. The molecule has 2 aromatic rings. The van der Waals surface area contributed by atoms with Crippen molar-refractivity contribution >= 4 is 17.1 Å². The summed E-state index contributed by atoms with van der Waals surface area (Å²) < 4.78 is 3.92. The first-order valence-electron chi connectivity index (χ1n) is 8.39. The summed E-state index contributed by atoms with van der Waals surface area (Å²) in [4.78, 5) is 43.0. The van der Waals surface area contributed by atoms with E-state index in [2.05, 4.69) is 4.98 Å². The number of nitrogens with zero attached hydrogens (tertiary/aromatic N) is 5. The molecule has 24 heavy (non-hydrogen) atoms. The van der Waals surface area contributed by atoms with Gasteiger partial charge in [0.1, 0.15) is 6.54 Å². The predicted molar refractivity (Wildman–Crippen MR) is 89.9 cm³/mol. The van der Waals surface area contributed by atoms with Gasteiger partial charge < -0.3 is 9.47 Å². The molecule has 1 fully saturated rings. The lowest BCUT2D eigenvalue weighted by molar-refractivity contribution is -0.132. The zero-order chi connectivity index (χ0) is 17.3. The minimum Gasteiger partial charge on any atom is -0.341 e. The molecule has 0 N–H and O–H groups in total. The first-order valence-corrected chi connectivity index (χ1v) is 8.39. The van der Waals surface area contributed by atoms with Gasteiger partial charge in [0.2, 0.25) is 5.91 Å². The minimum atomic E-state index is -0.425. The highest BCUT2D eigenvalue weighted by atomic mass is 16.2. The molecular formula is C16H23N5O3. The van der Waals surface area contributed by atoms with E-state index in [-0.39, 0.29) is 12.5 Å². The standard InChI is InChI=1S/C16H23N5O3/c1-18-14-13(15(23)19(2)16(18)24)21(11-17-14)10-12(22)20-8-6-4-3-5-7-9-20/h11H,3-10H2,1-2H3. The van der Waals surface area contributed by atoms with Crippen LogP contribution in [0.25, 0.3) is 11.2 Å².